The number of aryl methyl sites for hydroxylation is 1. The van der Waals surface area contributed by atoms with Crippen LogP contribution in [0.15, 0.2) is 52.9 Å². The molecule has 22 heavy (non-hydrogen) atoms. The molecule has 1 amide bonds. The van der Waals surface area contributed by atoms with E-state index in [0.717, 1.165) is 5.56 Å². The first-order chi connectivity index (χ1) is 10.6. The number of hydrogen-bond acceptors (Lipinski definition) is 4. The fraction of sp³-hybridized carbons (Fsp3) is 0.0625. The van der Waals surface area contributed by atoms with Gasteiger partial charge in [-0.2, -0.15) is 0 Å². The lowest BCUT2D eigenvalue weighted by Gasteiger charge is -2.05. The molecule has 0 saturated carbocycles. The molecule has 0 atom stereocenters. The monoisotopic (exact) mass is 297 g/mol. The fourth-order valence-electron chi connectivity index (χ4n) is 1.95. The molecule has 1 heterocycles. The predicted molar refractivity (Wildman–Crippen MR) is 78.8 cm³/mol. The van der Waals surface area contributed by atoms with Crippen LogP contribution in [0.1, 0.15) is 16.2 Å². The zero-order valence-corrected chi connectivity index (χ0v) is 11.7. The van der Waals surface area contributed by atoms with E-state index < -0.39 is 11.7 Å². The lowest BCUT2D eigenvalue weighted by Crippen LogP contribution is -2.13. The summed E-state index contributed by atoms with van der Waals surface area (Å²) in [6.07, 6.45) is 0. The second-order valence-corrected chi connectivity index (χ2v) is 4.66. The maximum absolute atomic E-state index is 13.7. The number of carbonyl (C=O) groups excluding carboxylic acids is 1. The quantitative estimate of drug-likeness (QED) is 0.804. The fourth-order valence-corrected chi connectivity index (χ4v) is 1.95. The Morgan fingerprint density at radius 2 is 1.82 bits per heavy atom. The molecule has 5 nitrogen and oxygen atoms in total. The average Bonchev–Trinajstić information content (AvgIpc) is 3.00. The summed E-state index contributed by atoms with van der Waals surface area (Å²) in [5, 5.41) is 10.1. The van der Waals surface area contributed by atoms with Crippen LogP contribution in [-0.4, -0.2) is 16.1 Å². The van der Waals surface area contributed by atoms with Crippen molar-refractivity contribution in [1.82, 2.24) is 10.2 Å². The molecule has 1 aromatic heterocycles. The second kappa shape index (κ2) is 5.77. The van der Waals surface area contributed by atoms with Gasteiger partial charge in [0.25, 0.3) is 5.89 Å². The maximum atomic E-state index is 13.7. The van der Waals surface area contributed by atoms with Crippen molar-refractivity contribution in [3.63, 3.8) is 0 Å². The first-order valence-corrected chi connectivity index (χ1v) is 6.60. The van der Waals surface area contributed by atoms with Gasteiger partial charge in [-0.25, -0.2) is 4.39 Å². The van der Waals surface area contributed by atoms with Gasteiger partial charge in [0.15, 0.2) is 0 Å². The van der Waals surface area contributed by atoms with Crippen LogP contribution >= 0.6 is 0 Å². The minimum absolute atomic E-state index is 0.0342. The number of amides is 1. The van der Waals surface area contributed by atoms with Crippen molar-refractivity contribution in [1.29, 1.82) is 0 Å². The van der Waals surface area contributed by atoms with E-state index in [1.807, 2.05) is 19.1 Å². The zero-order chi connectivity index (χ0) is 15.5. The highest BCUT2D eigenvalue weighted by atomic mass is 19.1. The second-order valence-electron chi connectivity index (χ2n) is 4.66. The molecule has 1 N–H and O–H groups in total. The normalized spacial score (nSPS) is 10.5. The molecule has 0 aliphatic heterocycles. The highest BCUT2D eigenvalue weighted by Gasteiger charge is 2.18. The SMILES string of the molecule is Cc1ccccc1NC(=O)c1nnc(-c2ccccc2F)o1. The molecule has 2 aromatic carbocycles. The molecule has 0 radical (unpaired) electrons. The number of halogens is 1. The van der Waals surface area contributed by atoms with Crippen LogP contribution < -0.4 is 5.32 Å². The summed E-state index contributed by atoms with van der Waals surface area (Å²) < 4.78 is 18.9. The van der Waals surface area contributed by atoms with Crippen LogP contribution in [0.3, 0.4) is 0 Å². The van der Waals surface area contributed by atoms with Gasteiger partial charge in [-0.3, -0.25) is 4.79 Å². The van der Waals surface area contributed by atoms with E-state index in [9.17, 15) is 9.18 Å². The van der Waals surface area contributed by atoms with Crippen LogP contribution in [0.5, 0.6) is 0 Å². The van der Waals surface area contributed by atoms with E-state index in [4.69, 9.17) is 4.42 Å². The van der Waals surface area contributed by atoms with E-state index in [2.05, 4.69) is 15.5 Å². The number of para-hydroxylation sites is 1. The topological polar surface area (TPSA) is 68.0 Å². The van der Waals surface area contributed by atoms with Crippen molar-refractivity contribution in [3.8, 4) is 11.5 Å². The number of aromatic nitrogens is 2. The summed E-state index contributed by atoms with van der Waals surface area (Å²) in [4.78, 5) is 12.1. The molecule has 3 aromatic rings. The molecule has 0 spiro atoms. The van der Waals surface area contributed by atoms with Gasteiger partial charge in [0.05, 0.1) is 5.56 Å². The highest BCUT2D eigenvalue weighted by molar-refractivity contribution is 6.01. The Labute approximate surface area is 125 Å². The average molecular weight is 297 g/mol. The van der Waals surface area contributed by atoms with Crippen LogP contribution in [0.2, 0.25) is 0 Å². The van der Waals surface area contributed by atoms with Crippen molar-refractivity contribution < 1.29 is 13.6 Å². The Balaban J connectivity index is 1.84. The Morgan fingerprint density at radius 3 is 2.59 bits per heavy atom. The standard InChI is InChI=1S/C16H12FN3O2/c1-10-6-2-5-9-13(10)18-14(21)16-20-19-15(22-16)11-7-3-4-8-12(11)17/h2-9H,1H3,(H,18,21). The third-order valence-electron chi connectivity index (χ3n) is 3.12. The summed E-state index contributed by atoms with van der Waals surface area (Å²) in [5.41, 5.74) is 1.72. The summed E-state index contributed by atoms with van der Waals surface area (Å²) in [7, 11) is 0. The van der Waals surface area contributed by atoms with Crippen LogP contribution in [0.4, 0.5) is 10.1 Å². The maximum Gasteiger partial charge on any atom is 0.313 e. The molecule has 0 unspecified atom stereocenters. The van der Waals surface area contributed by atoms with Crippen LogP contribution in [-0.2, 0) is 0 Å². The molecule has 6 heteroatoms. The first-order valence-electron chi connectivity index (χ1n) is 6.60. The van der Waals surface area contributed by atoms with Gasteiger partial charge < -0.3 is 9.73 Å². The van der Waals surface area contributed by atoms with Gasteiger partial charge in [-0.15, -0.1) is 10.2 Å². The van der Waals surface area contributed by atoms with Gasteiger partial charge in [-0.05, 0) is 30.7 Å². The van der Waals surface area contributed by atoms with Crippen LogP contribution in [0.25, 0.3) is 11.5 Å². The molecule has 0 fully saturated rings. The summed E-state index contributed by atoms with van der Waals surface area (Å²) >= 11 is 0. The van der Waals surface area contributed by atoms with E-state index in [1.54, 1.807) is 24.3 Å². The predicted octanol–water partition coefficient (Wildman–Crippen LogP) is 3.44. The van der Waals surface area contributed by atoms with Gasteiger partial charge in [0.1, 0.15) is 5.82 Å². The van der Waals surface area contributed by atoms with Crippen molar-refractivity contribution in [2.75, 3.05) is 5.32 Å². The molecule has 0 aliphatic rings. The summed E-state index contributed by atoms with van der Waals surface area (Å²) in [5.74, 6) is -1.28. The molecule has 0 saturated heterocycles. The van der Waals surface area contributed by atoms with Crippen molar-refractivity contribution in [3.05, 3.63) is 65.8 Å². The lowest BCUT2D eigenvalue weighted by molar-refractivity contribution is 0.0990. The Bertz CT molecular complexity index is 830. The molecular formula is C16H12FN3O2. The number of benzene rings is 2. The Morgan fingerprint density at radius 1 is 1.09 bits per heavy atom. The number of carbonyl (C=O) groups is 1. The molecule has 3 rings (SSSR count). The van der Waals surface area contributed by atoms with Gasteiger partial charge in [0.2, 0.25) is 0 Å². The van der Waals surface area contributed by atoms with E-state index in [-0.39, 0.29) is 17.3 Å². The number of rotatable bonds is 3. The zero-order valence-electron chi connectivity index (χ0n) is 11.7. The first kappa shape index (κ1) is 13.9. The summed E-state index contributed by atoms with van der Waals surface area (Å²) in [6, 6.07) is 13.3. The number of anilines is 1. The van der Waals surface area contributed by atoms with E-state index in [1.165, 1.54) is 12.1 Å². The Kier molecular flexibility index (Phi) is 3.65. The van der Waals surface area contributed by atoms with Gasteiger partial charge in [0, 0.05) is 5.69 Å². The van der Waals surface area contributed by atoms with E-state index >= 15 is 0 Å². The largest absolute Gasteiger partial charge is 0.412 e. The minimum atomic E-state index is -0.538. The highest BCUT2D eigenvalue weighted by Crippen LogP contribution is 2.21. The molecular weight excluding hydrogens is 285 g/mol. The van der Waals surface area contributed by atoms with Crippen molar-refractivity contribution in [2.45, 2.75) is 6.92 Å². The van der Waals surface area contributed by atoms with E-state index in [0.29, 0.717) is 5.69 Å². The number of nitrogens with one attached hydrogen (secondary N) is 1. The number of nitrogens with zero attached hydrogens (tertiary/aromatic N) is 2. The minimum Gasteiger partial charge on any atom is -0.412 e. The third kappa shape index (κ3) is 2.71. The Hall–Kier alpha value is -3.02. The molecule has 0 aliphatic carbocycles. The number of hydrogen-bond donors (Lipinski definition) is 1. The lowest BCUT2D eigenvalue weighted by atomic mass is 10.2. The van der Waals surface area contributed by atoms with Crippen molar-refractivity contribution in [2.24, 2.45) is 0 Å². The van der Waals surface area contributed by atoms with Crippen LogP contribution in [0, 0.1) is 12.7 Å². The van der Waals surface area contributed by atoms with Crippen molar-refractivity contribution >= 4 is 11.6 Å². The molecule has 0 bridgehead atoms. The summed E-state index contributed by atoms with van der Waals surface area (Å²) in [6.45, 7) is 1.87. The molecule has 110 valence electrons. The third-order valence-corrected chi connectivity index (χ3v) is 3.12. The van der Waals surface area contributed by atoms with Gasteiger partial charge >= 0.3 is 11.8 Å². The van der Waals surface area contributed by atoms with Gasteiger partial charge in [-0.1, -0.05) is 30.3 Å². The smallest absolute Gasteiger partial charge is 0.313 e.